The quantitative estimate of drug-likeness (QED) is 0.723. The van der Waals surface area contributed by atoms with E-state index in [4.69, 9.17) is 0 Å². The molecule has 5 nitrogen and oxygen atoms in total. The zero-order valence-corrected chi connectivity index (χ0v) is 10.6. The van der Waals surface area contributed by atoms with Crippen molar-refractivity contribution in [2.45, 2.75) is 18.9 Å². The Morgan fingerprint density at radius 2 is 2.27 bits per heavy atom. The summed E-state index contributed by atoms with van der Waals surface area (Å²) in [7, 11) is -3.24. The van der Waals surface area contributed by atoms with Gasteiger partial charge in [0.15, 0.2) is 0 Å². The van der Waals surface area contributed by atoms with Crippen molar-refractivity contribution in [3.05, 3.63) is 0 Å². The van der Waals surface area contributed by atoms with E-state index in [1.807, 2.05) is 0 Å². The summed E-state index contributed by atoms with van der Waals surface area (Å²) in [4.78, 5) is 11.4. The smallest absolute Gasteiger partial charge is 0.224 e. The first-order valence-electron chi connectivity index (χ1n) is 4.89. The van der Waals surface area contributed by atoms with E-state index in [-0.39, 0.29) is 22.5 Å². The molecule has 86 valence electrons. The number of amides is 1. The topological polar surface area (TPSA) is 66.5 Å². The summed E-state index contributed by atoms with van der Waals surface area (Å²) in [6, 6.07) is -0.172. The first-order valence-corrected chi connectivity index (χ1v) is 7.62. The Hall–Kier alpha value is -0.140. The van der Waals surface area contributed by atoms with Crippen molar-refractivity contribution in [2.24, 2.45) is 5.92 Å². The largest absolute Gasteiger partial charge is 0.354 e. The Morgan fingerprint density at radius 3 is 2.93 bits per heavy atom. The minimum atomic E-state index is -3.24. The third kappa shape index (κ3) is 1.92. The standard InChI is InChI=1S/C8H13BrN2O3S/c9-5-15(13,14)11-3-1-2-6-7(11)4-10-8(6)12/h6-7H,1-5H2,(H,10,12). The lowest BCUT2D eigenvalue weighted by Crippen LogP contribution is -2.48. The molecule has 0 saturated carbocycles. The Morgan fingerprint density at radius 1 is 1.53 bits per heavy atom. The predicted molar refractivity (Wildman–Crippen MR) is 58.9 cm³/mol. The molecule has 2 rings (SSSR count). The van der Waals surface area contributed by atoms with Crippen LogP contribution >= 0.6 is 15.9 Å². The third-order valence-corrected chi connectivity index (χ3v) is 6.22. The van der Waals surface area contributed by atoms with Crippen molar-refractivity contribution in [3.8, 4) is 0 Å². The van der Waals surface area contributed by atoms with E-state index in [0.29, 0.717) is 13.1 Å². The molecule has 15 heavy (non-hydrogen) atoms. The number of fused-ring (bicyclic) bond motifs is 1. The fourth-order valence-corrected chi connectivity index (χ4v) is 4.28. The average Bonchev–Trinajstić information content (AvgIpc) is 2.60. The van der Waals surface area contributed by atoms with Gasteiger partial charge >= 0.3 is 0 Å². The van der Waals surface area contributed by atoms with Gasteiger partial charge in [0, 0.05) is 13.1 Å². The third-order valence-electron chi connectivity index (χ3n) is 3.05. The molecule has 0 aromatic rings. The van der Waals surface area contributed by atoms with E-state index in [1.165, 1.54) is 4.31 Å². The SMILES string of the molecule is O=C1NCC2C1CCCN2S(=O)(=O)CBr. The van der Waals surface area contributed by atoms with Gasteiger partial charge in [-0.2, -0.15) is 4.31 Å². The number of carbonyl (C=O) groups is 1. The number of piperidine rings is 1. The molecule has 2 aliphatic heterocycles. The maximum absolute atomic E-state index is 11.7. The highest BCUT2D eigenvalue weighted by Gasteiger charge is 2.44. The van der Waals surface area contributed by atoms with Gasteiger partial charge in [0.25, 0.3) is 0 Å². The summed E-state index contributed by atoms with van der Waals surface area (Å²) in [5, 5.41) is 2.73. The Kier molecular flexibility index (Phi) is 3.05. The van der Waals surface area contributed by atoms with E-state index in [0.717, 1.165) is 12.8 Å². The summed E-state index contributed by atoms with van der Waals surface area (Å²) in [5.74, 6) is -0.151. The molecule has 2 aliphatic rings. The lowest BCUT2D eigenvalue weighted by atomic mass is 9.93. The van der Waals surface area contributed by atoms with Crippen molar-refractivity contribution in [1.82, 2.24) is 9.62 Å². The first kappa shape index (κ1) is 11.3. The molecule has 0 aromatic heterocycles. The van der Waals surface area contributed by atoms with Gasteiger partial charge < -0.3 is 5.32 Å². The van der Waals surface area contributed by atoms with Gasteiger partial charge in [0.2, 0.25) is 15.9 Å². The molecule has 7 heteroatoms. The zero-order chi connectivity index (χ0) is 11.1. The van der Waals surface area contributed by atoms with Crippen LogP contribution < -0.4 is 5.32 Å². The lowest BCUT2D eigenvalue weighted by Gasteiger charge is -2.34. The number of halogens is 1. The number of alkyl halides is 1. The van der Waals surface area contributed by atoms with Gasteiger partial charge in [-0.05, 0) is 12.8 Å². The van der Waals surface area contributed by atoms with Gasteiger partial charge in [0.1, 0.15) is 4.66 Å². The van der Waals surface area contributed by atoms with Crippen LogP contribution in [0.4, 0.5) is 0 Å². The van der Waals surface area contributed by atoms with Gasteiger partial charge in [-0.25, -0.2) is 8.42 Å². The molecule has 1 amide bonds. The Bertz CT molecular complexity index is 370. The molecule has 2 atom stereocenters. The van der Waals surface area contributed by atoms with E-state index >= 15 is 0 Å². The van der Waals surface area contributed by atoms with E-state index in [2.05, 4.69) is 21.2 Å². The second-order valence-electron chi connectivity index (χ2n) is 3.89. The zero-order valence-electron chi connectivity index (χ0n) is 8.15. The van der Waals surface area contributed by atoms with E-state index in [9.17, 15) is 13.2 Å². The van der Waals surface area contributed by atoms with Crippen molar-refractivity contribution in [2.75, 3.05) is 17.8 Å². The number of sulfonamides is 1. The highest BCUT2D eigenvalue weighted by Crippen LogP contribution is 2.29. The van der Waals surface area contributed by atoms with Gasteiger partial charge in [0.05, 0.1) is 12.0 Å². The van der Waals surface area contributed by atoms with Crippen LogP contribution in [0.15, 0.2) is 0 Å². The molecule has 0 spiro atoms. The lowest BCUT2D eigenvalue weighted by molar-refractivity contribution is -0.123. The average molecular weight is 297 g/mol. The maximum Gasteiger partial charge on any atom is 0.224 e. The molecule has 2 heterocycles. The maximum atomic E-state index is 11.7. The number of nitrogens with zero attached hydrogens (tertiary/aromatic N) is 1. The molecule has 1 N–H and O–H groups in total. The number of hydrogen-bond donors (Lipinski definition) is 1. The molecule has 2 saturated heterocycles. The summed E-state index contributed by atoms with van der Waals surface area (Å²) in [6.45, 7) is 0.986. The molecule has 2 unspecified atom stereocenters. The van der Waals surface area contributed by atoms with E-state index in [1.54, 1.807) is 0 Å². The van der Waals surface area contributed by atoms with Crippen molar-refractivity contribution in [3.63, 3.8) is 0 Å². The summed E-state index contributed by atoms with van der Waals surface area (Å²) < 4.78 is 24.9. The van der Waals surface area contributed by atoms with Crippen LogP contribution in [0, 0.1) is 5.92 Å². The van der Waals surface area contributed by atoms with Gasteiger partial charge in [-0.3, -0.25) is 4.79 Å². The molecule has 2 fully saturated rings. The first-order chi connectivity index (χ1) is 7.06. The van der Waals surface area contributed by atoms with Gasteiger partial charge in [-0.1, -0.05) is 15.9 Å². The summed E-state index contributed by atoms with van der Waals surface area (Å²) in [5.41, 5.74) is 0. The Balaban J connectivity index is 2.24. The molecule has 0 aliphatic carbocycles. The number of carbonyl (C=O) groups excluding carboxylic acids is 1. The number of nitrogens with one attached hydrogen (secondary N) is 1. The minimum Gasteiger partial charge on any atom is -0.354 e. The van der Waals surface area contributed by atoms with Crippen LogP contribution in [0.2, 0.25) is 0 Å². The molecular formula is C8H13BrN2O3S. The fraction of sp³-hybridized carbons (Fsp3) is 0.875. The van der Waals surface area contributed by atoms with Crippen LogP contribution in [0.25, 0.3) is 0 Å². The van der Waals surface area contributed by atoms with Crippen LogP contribution in [-0.2, 0) is 14.8 Å². The normalized spacial score (nSPS) is 32.5. The number of hydrogen-bond acceptors (Lipinski definition) is 3. The van der Waals surface area contributed by atoms with Crippen LogP contribution in [0.1, 0.15) is 12.8 Å². The van der Waals surface area contributed by atoms with Crippen LogP contribution in [0.5, 0.6) is 0 Å². The van der Waals surface area contributed by atoms with Gasteiger partial charge in [-0.15, -0.1) is 0 Å². The molecule has 0 aromatic carbocycles. The van der Waals surface area contributed by atoms with Crippen LogP contribution in [0.3, 0.4) is 0 Å². The summed E-state index contributed by atoms with van der Waals surface area (Å²) >= 11 is 2.98. The highest BCUT2D eigenvalue weighted by atomic mass is 79.9. The number of rotatable bonds is 2. The fourth-order valence-electron chi connectivity index (χ4n) is 2.32. The van der Waals surface area contributed by atoms with Crippen molar-refractivity contribution in [1.29, 1.82) is 0 Å². The van der Waals surface area contributed by atoms with Crippen molar-refractivity contribution >= 4 is 31.9 Å². The molecule has 0 radical (unpaired) electrons. The summed E-state index contributed by atoms with van der Waals surface area (Å²) in [6.07, 6.45) is 1.56. The molecule has 0 bridgehead atoms. The highest BCUT2D eigenvalue weighted by molar-refractivity contribution is 9.10. The molecular weight excluding hydrogens is 284 g/mol. The van der Waals surface area contributed by atoms with E-state index < -0.39 is 10.0 Å². The monoisotopic (exact) mass is 296 g/mol. The predicted octanol–water partition coefficient (Wildman–Crippen LogP) is -0.121. The minimum absolute atomic E-state index is 0.00512. The second-order valence-corrected chi connectivity index (χ2v) is 7.12. The second kappa shape index (κ2) is 4.03. The Labute approximate surface area is 97.4 Å². The van der Waals surface area contributed by atoms with Crippen LogP contribution in [-0.4, -0.2) is 42.4 Å². The van der Waals surface area contributed by atoms with Crippen molar-refractivity contribution < 1.29 is 13.2 Å².